The molecule has 0 aromatic heterocycles. The van der Waals surface area contributed by atoms with Gasteiger partial charge in [-0.15, -0.1) is 0 Å². The van der Waals surface area contributed by atoms with Gasteiger partial charge < -0.3 is 20.5 Å². The van der Waals surface area contributed by atoms with Crippen LogP contribution in [-0.4, -0.2) is 32.8 Å². The van der Waals surface area contributed by atoms with Crippen LogP contribution >= 0.6 is 11.6 Å². The lowest BCUT2D eigenvalue weighted by molar-refractivity contribution is 0.256. The molecule has 0 aliphatic heterocycles. The SMILES string of the molecule is COc1ccc(CCN=C(N)NC(=O)Nc2ccc(Cl)cc2)cc1OC. The molecule has 0 fully saturated rings. The Morgan fingerprint density at radius 2 is 1.81 bits per heavy atom. The Labute approximate surface area is 157 Å². The summed E-state index contributed by atoms with van der Waals surface area (Å²) in [5.74, 6) is 1.36. The number of rotatable bonds is 6. The van der Waals surface area contributed by atoms with E-state index in [4.69, 9.17) is 26.8 Å². The summed E-state index contributed by atoms with van der Waals surface area (Å²) in [5.41, 5.74) is 7.35. The number of benzene rings is 2. The normalized spacial score (nSPS) is 11.0. The molecule has 0 saturated heterocycles. The van der Waals surface area contributed by atoms with Gasteiger partial charge in [-0.3, -0.25) is 10.3 Å². The highest BCUT2D eigenvalue weighted by Gasteiger charge is 2.05. The van der Waals surface area contributed by atoms with Gasteiger partial charge in [-0.25, -0.2) is 4.79 Å². The smallest absolute Gasteiger partial charge is 0.325 e. The molecule has 2 rings (SSSR count). The summed E-state index contributed by atoms with van der Waals surface area (Å²) in [4.78, 5) is 16.0. The quantitative estimate of drug-likeness (QED) is 0.533. The largest absolute Gasteiger partial charge is 0.493 e. The number of amides is 2. The Bertz CT molecular complexity index is 779. The van der Waals surface area contributed by atoms with Crippen LogP contribution in [0, 0.1) is 0 Å². The number of carbonyl (C=O) groups is 1. The van der Waals surface area contributed by atoms with E-state index in [0.29, 0.717) is 35.2 Å². The third-order valence-electron chi connectivity index (χ3n) is 3.47. The molecular weight excluding hydrogens is 356 g/mol. The molecule has 0 bridgehead atoms. The van der Waals surface area contributed by atoms with E-state index in [0.717, 1.165) is 5.56 Å². The number of guanidine groups is 1. The molecule has 7 nitrogen and oxygen atoms in total. The van der Waals surface area contributed by atoms with E-state index in [1.54, 1.807) is 38.5 Å². The van der Waals surface area contributed by atoms with Crippen molar-refractivity contribution in [3.63, 3.8) is 0 Å². The first-order valence-corrected chi connectivity index (χ1v) is 8.24. The van der Waals surface area contributed by atoms with Crippen molar-refractivity contribution >= 4 is 29.3 Å². The van der Waals surface area contributed by atoms with Gasteiger partial charge in [-0.05, 0) is 48.4 Å². The van der Waals surface area contributed by atoms with E-state index in [-0.39, 0.29) is 5.96 Å². The van der Waals surface area contributed by atoms with Crippen molar-refractivity contribution in [3.8, 4) is 11.5 Å². The summed E-state index contributed by atoms with van der Waals surface area (Å²) in [6, 6.07) is 11.9. The van der Waals surface area contributed by atoms with Crippen molar-refractivity contribution in [3.05, 3.63) is 53.1 Å². The molecule has 138 valence electrons. The molecule has 0 aliphatic rings. The van der Waals surface area contributed by atoms with Crippen molar-refractivity contribution in [1.82, 2.24) is 5.32 Å². The van der Waals surface area contributed by atoms with Crippen molar-refractivity contribution in [2.24, 2.45) is 10.7 Å². The lowest BCUT2D eigenvalue weighted by Gasteiger charge is -2.09. The molecule has 0 atom stereocenters. The average Bonchev–Trinajstić information content (AvgIpc) is 2.63. The number of hydrogen-bond acceptors (Lipinski definition) is 4. The summed E-state index contributed by atoms with van der Waals surface area (Å²) in [7, 11) is 3.17. The monoisotopic (exact) mass is 376 g/mol. The number of hydrogen-bond donors (Lipinski definition) is 3. The summed E-state index contributed by atoms with van der Waals surface area (Å²) in [6.45, 7) is 0.419. The lowest BCUT2D eigenvalue weighted by atomic mass is 10.1. The van der Waals surface area contributed by atoms with E-state index < -0.39 is 6.03 Å². The fraction of sp³-hybridized carbons (Fsp3) is 0.222. The standard InChI is InChI=1S/C18H21ClN4O3/c1-25-15-8-3-12(11-16(15)26-2)9-10-21-17(20)23-18(24)22-14-6-4-13(19)5-7-14/h3-8,11H,9-10H2,1-2H3,(H4,20,21,22,23,24). The van der Waals surface area contributed by atoms with Crippen LogP contribution in [0.4, 0.5) is 10.5 Å². The van der Waals surface area contributed by atoms with Crippen LogP contribution < -0.4 is 25.8 Å². The maximum absolute atomic E-state index is 11.8. The number of anilines is 1. The van der Waals surface area contributed by atoms with Gasteiger partial charge in [0.2, 0.25) is 0 Å². The Hall–Kier alpha value is -2.93. The molecule has 4 N–H and O–H groups in total. The van der Waals surface area contributed by atoms with E-state index in [2.05, 4.69) is 15.6 Å². The number of aliphatic imine (C=N–C) groups is 1. The summed E-state index contributed by atoms with van der Waals surface area (Å²) < 4.78 is 10.5. The summed E-state index contributed by atoms with van der Waals surface area (Å²) in [5, 5.41) is 5.70. The second kappa shape index (κ2) is 9.53. The first-order chi connectivity index (χ1) is 12.5. The summed E-state index contributed by atoms with van der Waals surface area (Å²) >= 11 is 5.79. The Morgan fingerprint density at radius 3 is 2.46 bits per heavy atom. The van der Waals surface area contributed by atoms with Gasteiger partial charge in [-0.2, -0.15) is 0 Å². The molecular formula is C18H21ClN4O3. The van der Waals surface area contributed by atoms with Crippen LogP contribution in [0.15, 0.2) is 47.5 Å². The first-order valence-electron chi connectivity index (χ1n) is 7.86. The molecule has 0 saturated carbocycles. The van der Waals surface area contributed by atoms with Crippen molar-refractivity contribution in [1.29, 1.82) is 0 Å². The highest BCUT2D eigenvalue weighted by atomic mass is 35.5. The second-order valence-corrected chi connectivity index (χ2v) is 5.73. The predicted octanol–water partition coefficient (Wildman–Crippen LogP) is 3.04. The van der Waals surface area contributed by atoms with Crippen LogP contribution in [0.3, 0.4) is 0 Å². The van der Waals surface area contributed by atoms with E-state index in [1.165, 1.54) is 0 Å². The van der Waals surface area contributed by atoms with E-state index in [9.17, 15) is 4.79 Å². The Morgan fingerprint density at radius 1 is 1.12 bits per heavy atom. The number of nitrogens with zero attached hydrogens (tertiary/aromatic N) is 1. The van der Waals surface area contributed by atoms with Gasteiger partial charge in [0.05, 0.1) is 14.2 Å². The molecule has 0 unspecified atom stereocenters. The fourth-order valence-corrected chi connectivity index (χ4v) is 2.32. The fourth-order valence-electron chi connectivity index (χ4n) is 2.19. The van der Waals surface area contributed by atoms with Gasteiger partial charge in [-0.1, -0.05) is 17.7 Å². The minimum Gasteiger partial charge on any atom is -0.493 e. The van der Waals surface area contributed by atoms with Crippen molar-refractivity contribution in [2.45, 2.75) is 6.42 Å². The predicted molar refractivity (Wildman–Crippen MR) is 103 cm³/mol. The molecule has 2 aromatic rings. The van der Waals surface area contributed by atoms with E-state index in [1.807, 2.05) is 18.2 Å². The number of halogens is 1. The van der Waals surface area contributed by atoms with Gasteiger partial charge in [0, 0.05) is 17.3 Å². The zero-order valence-corrected chi connectivity index (χ0v) is 15.3. The number of methoxy groups -OCH3 is 2. The number of ether oxygens (including phenoxy) is 2. The molecule has 26 heavy (non-hydrogen) atoms. The minimum absolute atomic E-state index is 0.0388. The van der Waals surface area contributed by atoms with Crippen molar-refractivity contribution < 1.29 is 14.3 Å². The zero-order chi connectivity index (χ0) is 18.9. The van der Waals surface area contributed by atoms with Crippen LogP contribution in [0.2, 0.25) is 5.02 Å². The molecule has 0 aliphatic carbocycles. The third-order valence-corrected chi connectivity index (χ3v) is 3.73. The molecule has 8 heteroatoms. The average molecular weight is 377 g/mol. The van der Waals surface area contributed by atoms with Crippen LogP contribution in [0.25, 0.3) is 0 Å². The highest BCUT2D eigenvalue weighted by Crippen LogP contribution is 2.27. The Balaban J connectivity index is 1.84. The maximum atomic E-state index is 11.8. The minimum atomic E-state index is -0.473. The van der Waals surface area contributed by atoms with Crippen LogP contribution in [0.1, 0.15) is 5.56 Å². The number of nitrogens with two attached hydrogens (primary N) is 1. The molecule has 0 heterocycles. The maximum Gasteiger partial charge on any atom is 0.325 e. The summed E-state index contributed by atoms with van der Waals surface area (Å²) in [6.07, 6.45) is 0.640. The topological polar surface area (TPSA) is 98.0 Å². The number of carbonyl (C=O) groups excluding carboxylic acids is 1. The molecule has 2 amide bonds. The number of urea groups is 1. The van der Waals surface area contributed by atoms with Crippen molar-refractivity contribution in [2.75, 3.05) is 26.1 Å². The van der Waals surface area contributed by atoms with E-state index >= 15 is 0 Å². The molecule has 2 aromatic carbocycles. The lowest BCUT2D eigenvalue weighted by Crippen LogP contribution is -2.39. The van der Waals surface area contributed by atoms with Gasteiger partial charge >= 0.3 is 6.03 Å². The highest BCUT2D eigenvalue weighted by molar-refractivity contribution is 6.30. The zero-order valence-electron chi connectivity index (χ0n) is 14.6. The van der Waals surface area contributed by atoms with Crippen LogP contribution in [0.5, 0.6) is 11.5 Å². The molecule has 0 radical (unpaired) electrons. The third kappa shape index (κ3) is 5.86. The van der Waals surface area contributed by atoms with Crippen LogP contribution in [-0.2, 0) is 6.42 Å². The number of nitrogens with one attached hydrogen (secondary N) is 2. The van der Waals surface area contributed by atoms with Gasteiger partial charge in [0.15, 0.2) is 17.5 Å². The Kier molecular flexibility index (Phi) is 7.11. The first kappa shape index (κ1) is 19.4. The van der Waals surface area contributed by atoms with Gasteiger partial charge in [0.1, 0.15) is 0 Å². The molecule has 0 spiro atoms. The second-order valence-electron chi connectivity index (χ2n) is 5.29. The van der Waals surface area contributed by atoms with Gasteiger partial charge in [0.25, 0.3) is 0 Å².